The predicted octanol–water partition coefficient (Wildman–Crippen LogP) is 3.42. The summed E-state index contributed by atoms with van der Waals surface area (Å²) in [5.41, 5.74) is 1.18. The predicted molar refractivity (Wildman–Crippen MR) is 121 cm³/mol. The molecule has 2 heterocycles. The summed E-state index contributed by atoms with van der Waals surface area (Å²) in [4.78, 5) is 17.9. The summed E-state index contributed by atoms with van der Waals surface area (Å²) in [5, 5.41) is 0. The molecule has 0 saturated carbocycles. The van der Waals surface area contributed by atoms with E-state index >= 15 is 0 Å². The fraction of sp³-hybridized carbons (Fsp3) is 0.273. The first-order valence-electron chi connectivity index (χ1n) is 9.92. The summed E-state index contributed by atoms with van der Waals surface area (Å²) >= 11 is 1.39. The van der Waals surface area contributed by atoms with Crippen LogP contribution in [0.3, 0.4) is 0 Å². The molecule has 0 N–H and O–H groups in total. The first-order chi connectivity index (χ1) is 15.0. The molecule has 31 heavy (non-hydrogen) atoms. The molecule has 7 nitrogen and oxygen atoms in total. The minimum Gasteiger partial charge on any atom is -0.495 e. The Hall–Kier alpha value is -2.75. The van der Waals surface area contributed by atoms with Gasteiger partial charge in [-0.05, 0) is 49.2 Å². The molecule has 1 saturated heterocycles. The van der Waals surface area contributed by atoms with Crippen LogP contribution in [0.2, 0.25) is 0 Å². The van der Waals surface area contributed by atoms with Crippen LogP contribution >= 0.6 is 11.3 Å². The van der Waals surface area contributed by atoms with Gasteiger partial charge in [-0.15, -0.1) is 6.58 Å². The van der Waals surface area contributed by atoms with Crippen molar-refractivity contribution in [1.29, 1.82) is 0 Å². The fourth-order valence-corrected chi connectivity index (χ4v) is 6.22. The zero-order chi connectivity index (χ0) is 22.0. The zero-order valence-electron chi connectivity index (χ0n) is 17.2. The second-order valence-electron chi connectivity index (χ2n) is 7.14. The molecule has 0 radical (unpaired) electrons. The number of ether oxygens (including phenoxy) is 1. The third-order valence-electron chi connectivity index (χ3n) is 5.20. The van der Waals surface area contributed by atoms with Crippen molar-refractivity contribution in [1.82, 2.24) is 8.87 Å². The smallest absolute Gasteiger partial charge is 0.279 e. The molecule has 1 aromatic heterocycles. The van der Waals surface area contributed by atoms with Crippen molar-refractivity contribution in [3.8, 4) is 5.75 Å². The van der Waals surface area contributed by atoms with Gasteiger partial charge in [0.25, 0.3) is 5.91 Å². The normalized spacial score (nSPS) is 15.5. The number of allylic oxidation sites excluding steroid dienone is 1. The van der Waals surface area contributed by atoms with Gasteiger partial charge in [-0.2, -0.15) is 9.30 Å². The van der Waals surface area contributed by atoms with Gasteiger partial charge in [-0.1, -0.05) is 23.5 Å². The Labute approximate surface area is 185 Å². The second kappa shape index (κ2) is 8.78. The highest BCUT2D eigenvalue weighted by Crippen LogP contribution is 2.27. The molecule has 2 aromatic carbocycles. The van der Waals surface area contributed by atoms with Crippen LogP contribution in [-0.2, 0) is 16.6 Å². The Bertz CT molecular complexity index is 1300. The maximum Gasteiger partial charge on any atom is 0.279 e. The van der Waals surface area contributed by atoms with Crippen molar-refractivity contribution in [2.45, 2.75) is 24.3 Å². The SMILES string of the molecule is C=CCn1c(=NC(=O)c2ccc(S(=O)(=O)N3CCCC3)cc2)sc2cccc(OC)c21. The van der Waals surface area contributed by atoms with Crippen molar-refractivity contribution >= 4 is 37.5 Å². The lowest BCUT2D eigenvalue weighted by Gasteiger charge is -2.15. The van der Waals surface area contributed by atoms with Gasteiger partial charge >= 0.3 is 0 Å². The quantitative estimate of drug-likeness (QED) is 0.531. The molecular formula is C22H23N3O4S2. The molecule has 0 unspecified atom stereocenters. The van der Waals surface area contributed by atoms with Gasteiger partial charge in [-0.3, -0.25) is 4.79 Å². The molecule has 0 spiro atoms. The molecule has 1 fully saturated rings. The number of carbonyl (C=O) groups excluding carboxylic acids is 1. The van der Waals surface area contributed by atoms with Gasteiger partial charge in [0.2, 0.25) is 10.0 Å². The minimum atomic E-state index is -3.51. The Kier molecular flexibility index (Phi) is 6.08. The van der Waals surface area contributed by atoms with E-state index in [1.165, 1.54) is 39.9 Å². The van der Waals surface area contributed by atoms with Gasteiger partial charge in [0, 0.05) is 25.2 Å². The first kappa shape index (κ1) is 21.5. The molecule has 0 bridgehead atoms. The number of nitrogens with zero attached hydrogens (tertiary/aromatic N) is 3. The number of aromatic nitrogens is 1. The highest BCUT2D eigenvalue weighted by molar-refractivity contribution is 7.89. The van der Waals surface area contributed by atoms with Gasteiger partial charge in [0.05, 0.1) is 16.7 Å². The van der Waals surface area contributed by atoms with E-state index in [-0.39, 0.29) is 4.90 Å². The molecule has 0 atom stereocenters. The van der Waals surface area contributed by atoms with E-state index in [1.54, 1.807) is 13.2 Å². The average Bonchev–Trinajstić information content (AvgIpc) is 3.43. The van der Waals surface area contributed by atoms with E-state index in [0.717, 1.165) is 23.1 Å². The third kappa shape index (κ3) is 4.08. The first-order valence-corrected chi connectivity index (χ1v) is 12.2. The summed E-state index contributed by atoms with van der Waals surface area (Å²) in [6.45, 7) is 5.35. The molecule has 9 heteroatoms. The lowest BCUT2D eigenvalue weighted by Crippen LogP contribution is -2.27. The molecule has 162 valence electrons. The molecule has 1 amide bonds. The van der Waals surface area contributed by atoms with Crippen LogP contribution in [0.1, 0.15) is 23.2 Å². The van der Waals surface area contributed by atoms with Crippen LogP contribution in [0.25, 0.3) is 10.2 Å². The number of thiazole rings is 1. The maximum absolute atomic E-state index is 12.8. The van der Waals surface area contributed by atoms with E-state index in [9.17, 15) is 13.2 Å². The number of para-hydroxylation sites is 1. The summed E-state index contributed by atoms with van der Waals surface area (Å²) in [5.74, 6) is 0.259. The van der Waals surface area contributed by atoms with Crippen molar-refractivity contribution in [2.24, 2.45) is 4.99 Å². The lowest BCUT2D eigenvalue weighted by atomic mass is 10.2. The standard InChI is InChI=1S/C22H23N3O4S2/c1-3-13-25-20-18(29-2)7-6-8-19(20)30-22(25)23-21(26)16-9-11-17(12-10-16)31(27,28)24-14-4-5-15-24/h3,6-12H,1,4-5,13-15H2,2H3. The summed E-state index contributed by atoms with van der Waals surface area (Å²) in [6, 6.07) is 11.7. The van der Waals surface area contributed by atoms with Crippen molar-refractivity contribution in [2.75, 3.05) is 20.2 Å². The van der Waals surface area contributed by atoms with Crippen LogP contribution in [0.4, 0.5) is 0 Å². The highest BCUT2D eigenvalue weighted by Gasteiger charge is 2.27. The van der Waals surface area contributed by atoms with E-state index < -0.39 is 15.9 Å². The Morgan fingerprint density at radius 3 is 2.55 bits per heavy atom. The zero-order valence-corrected chi connectivity index (χ0v) is 18.8. The Balaban J connectivity index is 1.70. The van der Waals surface area contributed by atoms with E-state index in [2.05, 4.69) is 11.6 Å². The molecular weight excluding hydrogens is 434 g/mol. The fourth-order valence-electron chi connectivity index (χ4n) is 3.64. The number of benzene rings is 2. The van der Waals surface area contributed by atoms with Crippen LogP contribution in [0.15, 0.2) is 65.0 Å². The summed E-state index contributed by atoms with van der Waals surface area (Å²) in [7, 11) is -1.91. The molecule has 4 rings (SSSR count). The molecule has 1 aliphatic rings. The topological polar surface area (TPSA) is 81.0 Å². The Morgan fingerprint density at radius 1 is 1.19 bits per heavy atom. The highest BCUT2D eigenvalue weighted by atomic mass is 32.2. The summed E-state index contributed by atoms with van der Waals surface area (Å²) < 4.78 is 35.1. The summed E-state index contributed by atoms with van der Waals surface area (Å²) in [6.07, 6.45) is 3.48. The third-order valence-corrected chi connectivity index (χ3v) is 8.15. The number of amides is 1. The number of fused-ring (bicyclic) bond motifs is 1. The molecule has 1 aliphatic heterocycles. The van der Waals surface area contributed by atoms with Crippen LogP contribution in [0, 0.1) is 0 Å². The monoisotopic (exact) mass is 457 g/mol. The number of hydrogen-bond donors (Lipinski definition) is 0. The number of sulfonamides is 1. The van der Waals surface area contributed by atoms with Gasteiger partial charge in [0.1, 0.15) is 11.3 Å². The van der Waals surface area contributed by atoms with Gasteiger partial charge in [-0.25, -0.2) is 8.42 Å². The van der Waals surface area contributed by atoms with Crippen molar-refractivity contribution < 1.29 is 17.9 Å². The number of methoxy groups -OCH3 is 1. The number of hydrogen-bond acceptors (Lipinski definition) is 5. The van der Waals surface area contributed by atoms with E-state index in [0.29, 0.717) is 35.7 Å². The Morgan fingerprint density at radius 2 is 1.90 bits per heavy atom. The van der Waals surface area contributed by atoms with Crippen LogP contribution < -0.4 is 9.54 Å². The largest absolute Gasteiger partial charge is 0.495 e. The average molecular weight is 458 g/mol. The van der Waals surface area contributed by atoms with Crippen molar-refractivity contribution in [3.05, 3.63) is 65.5 Å². The second-order valence-corrected chi connectivity index (χ2v) is 10.1. The minimum absolute atomic E-state index is 0.194. The van der Waals surface area contributed by atoms with E-state index in [4.69, 9.17) is 4.74 Å². The number of rotatable bonds is 6. The van der Waals surface area contributed by atoms with Crippen molar-refractivity contribution in [3.63, 3.8) is 0 Å². The van der Waals surface area contributed by atoms with Crippen LogP contribution in [0.5, 0.6) is 5.75 Å². The van der Waals surface area contributed by atoms with E-state index in [1.807, 2.05) is 22.8 Å². The van der Waals surface area contributed by atoms with Crippen LogP contribution in [-0.4, -0.2) is 43.4 Å². The molecule has 3 aromatic rings. The number of carbonyl (C=O) groups is 1. The molecule has 0 aliphatic carbocycles. The van der Waals surface area contributed by atoms with Gasteiger partial charge in [0.15, 0.2) is 4.80 Å². The maximum atomic E-state index is 12.8. The lowest BCUT2D eigenvalue weighted by molar-refractivity contribution is 0.0997. The van der Waals surface area contributed by atoms with Gasteiger partial charge < -0.3 is 9.30 Å².